The van der Waals surface area contributed by atoms with Crippen LogP contribution in [0.25, 0.3) is 5.69 Å². The SMILES string of the molecule is Cc1ccc(-n2nc(C)c(O)c2C)cc1Cl. The molecule has 0 unspecified atom stereocenters. The van der Waals surface area contributed by atoms with E-state index in [2.05, 4.69) is 5.10 Å². The highest BCUT2D eigenvalue weighted by Gasteiger charge is 2.11. The first-order valence-corrected chi connectivity index (χ1v) is 5.40. The molecule has 0 spiro atoms. The number of aromatic nitrogens is 2. The number of hydrogen-bond donors (Lipinski definition) is 1. The van der Waals surface area contributed by atoms with Crippen LogP contribution >= 0.6 is 11.6 Å². The molecule has 1 aromatic heterocycles. The lowest BCUT2D eigenvalue weighted by Crippen LogP contribution is -1.99. The summed E-state index contributed by atoms with van der Waals surface area (Å²) in [6, 6.07) is 5.71. The van der Waals surface area contributed by atoms with E-state index < -0.39 is 0 Å². The molecule has 0 bridgehead atoms. The first-order valence-electron chi connectivity index (χ1n) is 5.02. The van der Waals surface area contributed by atoms with Gasteiger partial charge in [0.25, 0.3) is 0 Å². The smallest absolute Gasteiger partial charge is 0.159 e. The molecule has 0 aliphatic heterocycles. The van der Waals surface area contributed by atoms with Crippen molar-refractivity contribution in [3.05, 3.63) is 40.2 Å². The van der Waals surface area contributed by atoms with Crippen LogP contribution < -0.4 is 0 Å². The summed E-state index contributed by atoms with van der Waals surface area (Å²) in [6.07, 6.45) is 0. The quantitative estimate of drug-likeness (QED) is 0.826. The molecule has 1 heterocycles. The van der Waals surface area contributed by atoms with Crippen LogP contribution in [0.1, 0.15) is 17.0 Å². The van der Waals surface area contributed by atoms with Crippen LogP contribution in [0.15, 0.2) is 18.2 Å². The molecule has 1 N–H and O–H groups in total. The molecule has 0 atom stereocenters. The summed E-state index contributed by atoms with van der Waals surface area (Å²) in [5.41, 5.74) is 3.22. The Balaban J connectivity index is 2.59. The molecule has 0 aliphatic carbocycles. The fourth-order valence-electron chi connectivity index (χ4n) is 1.60. The second-order valence-corrected chi connectivity index (χ2v) is 4.27. The standard InChI is InChI=1S/C12H13ClN2O/c1-7-4-5-10(6-11(7)13)15-9(3)12(16)8(2)14-15/h4-6,16H,1-3H3. The molecule has 0 amide bonds. The van der Waals surface area contributed by atoms with Gasteiger partial charge in [-0.2, -0.15) is 5.10 Å². The molecule has 3 nitrogen and oxygen atoms in total. The Hall–Kier alpha value is -1.48. The molecule has 2 aromatic rings. The summed E-state index contributed by atoms with van der Waals surface area (Å²) in [4.78, 5) is 0. The summed E-state index contributed by atoms with van der Waals surface area (Å²) < 4.78 is 1.69. The maximum atomic E-state index is 9.70. The summed E-state index contributed by atoms with van der Waals surface area (Å²) in [5.74, 6) is 0.233. The average Bonchev–Trinajstić information content (AvgIpc) is 2.50. The maximum Gasteiger partial charge on any atom is 0.159 e. The third-order valence-electron chi connectivity index (χ3n) is 2.65. The molecule has 0 saturated heterocycles. The van der Waals surface area contributed by atoms with Crippen molar-refractivity contribution in [1.29, 1.82) is 0 Å². The van der Waals surface area contributed by atoms with Crippen molar-refractivity contribution in [2.45, 2.75) is 20.8 Å². The van der Waals surface area contributed by atoms with Gasteiger partial charge in [0.1, 0.15) is 5.69 Å². The number of aromatic hydroxyl groups is 1. The molecule has 1 aromatic carbocycles. The minimum absolute atomic E-state index is 0.233. The zero-order chi connectivity index (χ0) is 11.9. The molecule has 0 aliphatic rings. The number of aryl methyl sites for hydroxylation is 2. The molecule has 16 heavy (non-hydrogen) atoms. The Morgan fingerprint density at radius 1 is 1.25 bits per heavy atom. The normalized spacial score (nSPS) is 10.8. The van der Waals surface area contributed by atoms with E-state index in [1.54, 1.807) is 11.6 Å². The van der Waals surface area contributed by atoms with Gasteiger partial charge < -0.3 is 5.11 Å². The molecule has 84 valence electrons. The van der Waals surface area contributed by atoms with Crippen LogP contribution in [0.5, 0.6) is 5.75 Å². The fourth-order valence-corrected chi connectivity index (χ4v) is 1.77. The minimum Gasteiger partial charge on any atom is -0.504 e. The molecule has 4 heteroatoms. The zero-order valence-corrected chi connectivity index (χ0v) is 10.2. The van der Waals surface area contributed by atoms with E-state index in [-0.39, 0.29) is 5.75 Å². The van der Waals surface area contributed by atoms with Crippen LogP contribution in [0.4, 0.5) is 0 Å². The second kappa shape index (κ2) is 3.83. The van der Waals surface area contributed by atoms with Gasteiger partial charge in [-0.1, -0.05) is 17.7 Å². The largest absolute Gasteiger partial charge is 0.504 e. The number of halogens is 1. The van der Waals surface area contributed by atoms with Crippen molar-refractivity contribution in [1.82, 2.24) is 9.78 Å². The Bertz CT molecular complexity index is 546. The summed E-state index contributed by atoms with van der Waals surface area (Å²) in [5, 5.41) is 14.7. The van der Waals surface area contributed by atoms with E-state index in [0.717, 1.165) is 16.9 Å². The first kappa shape index (κ1) is 11.0. The van der Waals surface area contributed by atoms with E-state index in [1.165, 1.54) is 0 Å². The number of rotatable bonds is 1. The van der Waals surface area contributed by atoms with Crippen molar-refractivity contribution in [3.8, 4) is 11.4 Å². The number of hydrogen-bond acceptors (Lipinski definition) is 2. The van der Waals surface area contributed by atoms with Crippen LogP contribution in [-0.2, 0) is 0 Å². The fraction of sp³-hybridized carbons (Fsp3) is 0.250. The van der Waals surface area contributed by atoms with Crippen LogP contribution in [0.3, 0.4) is 0 Å². The van der Waals surface area contributed by atoms with Crippen molar-refractivity contribution in [2.24, 2.45) is 0 Å². The van der Waals surface area contributed by atoms with Crippen molar-refractivity contribution in [3.63, 3.8) is 0 Å². The van der Waals surface area contributed by atoms with Gasteiger partial charge in [0, 0.05) is 5.02 Å². The van der Waals surface area contributed by atoms with Gasteiger partial charge in [0.15, 0.2) is 5.75 Å². The van der Waals surface area contributed by atoms with Gasteiger partial charge >= 0.3 is 0 Å². The lowest BCUT2D eigenvalue weighted by Gasteiger charge is -2.06. The van der Waals surface area contributed by atoms with E-state index in [4.69, 9.17) is 11.6 Å². The second-order valence-electron chi connectivity index (χ2n) is 3.86. The van der Waals surface area contributed by atoms with E-state index >= 15 is 0 Å². The van der Waals surface area contributed by atoms with Crippen molar-refractivity contribution < 1.29 is 5.11 Å². The predicted molar refractivity (Wildman–Crippen MR) is 64.4 cm³/mol. The highest BCUT2D eigenvalue weighted by atomic mass is 35.5. The Labute approximate surface area is 99.3 Å². The predicted octanol–water partition coefficient (Wildman–Crippen LogP) is 3.16. The monoisotopic (exact) mass is 236 g/mol. The average molecular weight is 237 g/mol. The third-order valence-corrected chi connectivity index (χ3v) is 3.06. The third kappa shape index (κ3) is 1.67. The molecule has 0 radical (unpaired) electrons. The lowest BCUT2D eigenvalue weighted by molar-refractivity contribution is 0.466. The van der Waals surface area contributed by atoms with Crippen molar-refractivity contribution in [2.75, 3.05) is 0 Å². The van der Waals surface area contributed by atoms with Gasteiger partial charge in [-0.25, -0.2) is 4.68 Å². The minimum atomic E-state index is 0.233. The summed E-state index contributed by atoms with van der Waals surface area (Å²) in [6.45, 7) is 5.54. The van der Waals surface area contributed by atoms with Crippen LogP contribution in [0.2, 0.25) is 5.02 Å². The molecule has 0 fully saturated rings. The van der Waals surface area contributed by atoms with Gasteiger partial charge in [-0.15, -0.1) is 0 Å². The summed E-state index contributed by atoms with van der Waals surface area (Å²) in [7, 11) is 0. The van der Waals surface area contributed by atoms with Gasteiger partial charge in [0.05, 0.1) is 11.4 Å². The first-order chi connectivity index (χ1) is 7.50. The molecule has 2 rings (SSSR count). The Kier molecular flexibility index (Phi) is 2.64. The van der Waals surface area contributed by atoms with Crippen molar-refractivity contribution >= 4 is 11.6 Å². The number of nitrogens with zero attached hydrogens (tertiary/aromatic N) is 2. The lowest BCUT2D eigenvalue weighted by atomic mass is 10.2. The van der Waals surface area contributed by atoms with Gasteiger partial charge in [-0.3, -0.25) is 0 Å². The number of benzene rings is 1. The van der Waals surface area contributed by atoms with Crippen LogP contribution in [-0.4, -0.2) is 14.9 Å². The van der Waals surface area contributed by atoms with E-state index in [0.29, 0.717) is 10.7 Å². The maximum absolute atomic E-state index is 9.70. The topological polar surface area (TPSA) is 38.0 Å². The Morgan fingerprint density at radius 2 is 1.94 bits per heavy atom. The van der Waals surface area contributed by atoms with E-state index in [1.807, 2.05) is 32.0 Å². The van der Waals surface area contributed by atoms with E-state index in [9.17, 15) is 5.11 Å². The van der Waals surface area contributed by atoms with Gasteiger partial charge in [0.2, 0.25) is 0 Å². The zero-order valence-electron chi connectivity index (χ0n) is 9.45. The highest BCUT2D eigenvalue weighted by molar-refractivity contribution is 6.31. The highest BCUT2D eigenvalue weighted by Crippen LogP contribution is 2.25. The molecular weight excluding hydrogens is 224 g/mol. The Morgan fingerprint density at radius 3 is 2.44 bits per heavy atom. The van der Waals surface area contributed by atoms with Gasteiger partial charge in [-0.05, 0) is 38.5 Å². The van der Waals surface area contributed by atoms with Crippen LogP contribution in [0, 0.1) is 20.8 Å². The summed E-state index contributed by atoms with van der Waals surface area (Å²) >= 11 is 6.06. The molecular formula is C12H13ClN2O. The molecule has 0 saturated carbocycles.